The minimum atomic E-state index is -2.46. The van der Waals surface area contributed by atoms with Crippen molar-refractivity contribution in [1.82, 2.24) is 0 Å². The summed E-state index contributed by atoms with van der Waals surface area (Å²) in [6.07, 6.45) is -1.86. The van der Waals surface area contributed by atoms with Crippen molar-refractivity contribution in [3.05, 3.63) is 59.7 Å². The summed E-state index contributed by atoms with van der Waals surface area (Å²) >= 11 is 0. The van der Waals surface area contributed by atoms with Gasteiger partial charge < -0.3 is 45.2 Å². The first-order valence-corrected chi connectivity index (χ1v) is 10.8. The molecule has 2 aromatic carbocycles. The topological polar surface area (TPSA) is 211 Å². The molecule has 1 fully saturated rings. The Morgan fingerprint density at radius 1 is 0.784 bits per heavy atom. The van der Waals surface area contributed by atoms with Crippen LogP contribution in [0.1, 0.15) is 24.0 Å². The summed E-state index contributed by atoms with van der Waals surface area (Å²) in [6.45, 7) is 0. The van der Waals surface area contributed by atoms with Crippen molar-refractivity contribution in [2.75, 3.05) is 0 Å². The van der Waals surface area contributed by atoms with Crippen LogP contribution >= 0.6 is 0 Å². The second kappa shape index (κ2) is 11.0. The van der Waals surface area contributed by atoms with Gasteiger partial charge in [-0.15, -0.1) is 0 Å². The van der Waals surface area contributed by atoms with Gasteiger partial charge in [0.05, 0.1) is 6.10 Å². The second-order valence-corrected chi connectivity index (χ2v) is 8.35. The SMILES string of the molecule is O=C(/C=C/c1ccc(O)c(O)c1)O[C@H]1[C@H](O)C[C@@](O)(C(=O)O)C[C@H]1OC(=O)/C=C/c1ccc(O)c(O)c1. The predicted molar refractivity (Wildman–Crippen MR) is 125 cm³/mol. The number of carbonyl (C=O) groups is 3. The summed E-state index contributed by atoms with van der Waals surface area (Å²) in [5.41, 5.74) is -1.82. The van der Waals surface area contributed by atoms with Gasteiger partial charge in [-0.2, -0.15) is 0 Å². The van der Waals surface area contributed by atoms with E-state index in [0.717, 1.165) is 18.2 Å². The first-order valence-electron chi connectivity index (χ1n) is 10.8. The van der Waals surface area contributed by atoms with E-state index in [1.807, 2.05) is 0 Å². The lowest BCUT2D eigenvalue weighted by Gasteiger charge is -2.40. The molecule has 0 amide bonds. The zero-order valence-electron chi connectivity index (χ0n) is 19.1. The number of hydrogen-bond acceptors (Lipinski definition) is 11. The third kappa shape index (κ3) is 6.78. The van der Waals surface area contributed by atoms with Gasteiger partial charge in [-0.3, -0.25) is 0 Å². The van der Waals surface area contributed by atoms with Crippen LogP contribution in [0.15, 0.2) is 48.6 Å². The van der Waals surface area contributed by atoms with E-state index in [1.54, 1.807) is 0 Å². The number of phenolic OH excluding ortho intramolecular Hbond substituents is 4. The van der Waals surface area contributed by atoms with Gasteiger partial charge in [-0.25, -0.2) is 14.4 Å². The molecule has 1 aliphatic carbocycles. The van der Waals surface area contributed by atoms with Crippen LogP contribution in [0, 0.1) is 0 Å². The van der Waals surface area contributed by atoms with E-state index in [2.05, 4.69) is 0 Å². The maximum absolute atomic E-state index is 12.4. The maximum Gasteiger partial charge on any atom is 0.335 e. The van der Waals surface area contributed by atoms with Gasteiger partial charge in [0.15, 0.2) is 34.7 Å². The van der Waals surface area contributed by atoms with Gasteiger partial charge in [0.1, 0.15) is 6.10 Å². The summed E-state index contributed by atoms with van der Waals surface area (Å²) in [5, 5.41) is 68.0. The van der Waals surface area contributed by atoms with Crippen LogP contribution in [-0.2, 0) is 23.9 Å². The molecule has 2 aromatic rings. The molecule has 12 heteroatoms. The number of rotatable bonds is 7. The van der Waals surface area contributed by atoms with Gasteiger partial charge in [0.25, 0.3) is 0 Å². The minimum absolute atomic E-state index is 0.311. The standard InChI is InChI=1S/C25H24O12/c26-15-5-1-13(9-17(15)28)3-7-21(31)36-20-12-25(35,24(33)34)11-19(30)23(20)37-22(32)8-4-14-2-6-16(27)18(29)10-14/h1-10,19-20,23,26-30,35H,11-12H2,(H,33,34)/b7-3+,8-4+/t19-,20-,23+,25+/m1/s1. The van der Waals surface area contributed by atoms with Crippen LogP contribution in [0.2, 0.25) is 0 Å². The smallest absolute Gasteiger partial charge is 0.335 e. The fraction of sp³-hybridized carbons (Fsp3) is 0.240. The number of ether oxygens (including phenoxy) is 2. The fourth-order valence-electron chi connectivity index (χ4n) is 3.66. The van der Waals surface area contributed by atoms with Gasteiger partial charge >= 0.3 is 17.9 Å². The van der Waals surface area contributed by atoms with Crippen molar-refractivity contribution in [3.8, 4) is 23.0 Å². The Labute approximate surface area is 209 Å². The molecule has 0 unspecified atom stereocenters. The molecule has 1 saturated carbocycles. The first-order chi connectivity index (χ1) is 17.4. The number of carboxylic acids is 1. The molecule has 0 radical (unpaired) electrons. The Morgan fingerprint density at radius 3 is 1.73 bits per heavy atom. The Bertz CT molecular complexity index is 1250. The molecule has 7 N–H and O–H groups in total. The molecule has 3 rings (SSSR count). The van der Waals surface area contributed by atoms with E-state index in [1.165, 1.54) is 42.5 Å². The molecule has 0 saturated heterocycles. The highest BCUT2D eigenvalue weighted by atomic mass is 16.6. The van der Waals surface area contributed by atoms with Gasteiger partial charge in [0.2, 0.25) is 0 Å². The van der Waals surface area contributed by atoms with Crippen LogP contribution in [0.4, 0.5) is 0 Å². The molecule has 196 valence electrons. The van der Waals surface area contributed by atoms with Gasteiger partial charge in [-0.05, 0) is 47.5 Å². The van der Waals surface area contributed by atoms with E-state index >= 15 is 0 Å². The number of phenols is 4. The van der Waals surface area contributed by atoms with E-state index in [-0.39, 0.29) is 11.5 Å². The Morgan fingerprint density at radius 2 is 1.27 bits per heavy atom. The van der Waals surface area contributed by atoms with Crippen LogP contribution < -0.4 is 0 Å². The van der Waals surface area contributed by atoms with Crippen LogP contribution in [0.3, 0.4) is 0 Å². The number of aromatic hydroxyl groups is 4. The summed E-state index contributed by atoms with van der Waals surface area (Å²) < 4.78 is 10.4. The molecule has 0 bridgehead atoms. The Balaban J connectivity index is 1.75. The molecule has 4 atom stereocenters. The zero-order chi connectivity index (χ0) is 27.3. The molecule has 0 aromatic heterocycles. The van der Waals surface area contributed by atoms with Crippen LogP contribution in [-0.4, -0.2) is 77.6 Å². The second-order valence-electron chi connectivity index (χ2n) is 8.35. The Kier molecular flexibility index (Phi) is 8.05. The summed E-state index contributed by atoms with van der Waals surface area (Å²) in [5.74, 6) is -5.29. The molecule has 37 heavy (non-hydrogen) atoms. The summed E-state index contributed by atoms with van der Waals surface area (Å²) in [7, 11) is 0. The molecular formula is C25H24O12. The van der Waals surface area contributed by atoms with E-state index in [4.69, 9.17) is 9.47 Å². The normalized spacial score (nSPS) is 23.7. The monoisotopic (exact) mass is 516 g/mol. The lowest BCUT2D eigenvalue weighted by molar-refractivity contribution is -0.204. The van der Waals surface area contributed by atoms with Crippen molar-refractivity contribution in [2.24, 2.45) is 0 Å². The minimum Gasteiger partial charge on any atom is -0.504 e. The summed E-state index contributed by atoms with van der Waals surface area (Å²) in [6, 6.07) is 7.50. The fourth-order valence-corrected chi connectivity index (χ4v) is 3.66. The molecule has 0 spiro atoms. The average Bonchev–Trinajstić information content (AvgIpc) is 2.82. The Hall–Kier alpha value is -4.55. The number of benzene rings is 2. The van der Waals surface area contributed by atoms with Gasteiger partial charge in [0, 0.05) is 25.0 Å². The average molecular weight is 516 g/mol. The number of aliphatic hydroxyl groups excluding tert-OH is 1. The number of aliphatic carboxylic acids is 1. The highest BCUT2D eigenvalue weighted by molar-refractivity contribution is 5.88. The number of carbonyl (C=O) groups excluding carboxylic acids is 2. The highest BCUT2D eigenvalue weighted by Gasteiger charge is 2.52. The predicted octanol–water partition coefficient (Wildman–Crippen LogP) is 1.03. The number of carboxylic acid groups (broad SMARTS) is 1. The summed E-state index contributed by atoms with van der Waals surface area (Å²) in [4.78, 5) is 36.3. The van der Waals surface area contributed by atoms with Crippen molar-refractivity contribution in [3.63, 3.8) is 0 Å². The molecule has 0 aliphatic heterocycles. The maximum atomic E-state index is 12.4. The number of aliphatic hydroxyl groups is 2. The third-order valence-electron chi connectivity index (χ3n) is 5.57. The van der Waals surface area contributed by atoms with Crippen molar-refractivity contribution in [1.29, 1.82) is 0 Å². The number of esters is 2. The van der Waals surface area contributed by atoms with E-state index < -0.39 is 66.2 Å². The molecule has 12 nitrogen and oxygen atoms in total. The third-order valence-corrected chi connectivity index (χ3v) is 5.57. The van der Waals surface area contributed by atoms with E-state index in [9.17, 15) is 50.1 Å². The zero-order valence-corrected chi connectivity index (χ0v) is 19.1. The van der Waals surface area contributed by atoms with Crippen LogP contribution in [0.25, 0.3) is 12.2 Å². The largest absolute Gasteiger partial charge is 0.504 e. The highest BCUT2D eigenvalue weighted by Crippen LogP contribution is 2.33. The lowest BCUT2D eigenvalue weighted by Crippen LogP contribution is -2.58. The van der Waals surface area contributed by atoms with Crippen LogP contribution in [0.5, 0.6) is 23.0 Å². The molecular weight excluding hydrogens is 492 g/mol. The lowest BCUT2D eigenvalue weighted by atomic mass is 9.79. The molecule has 1 aliphatic rings. The van der Waals surface area contributed by atoms with Crippen molar-refractivity contribution in [2.45, 2.75) is 36.8 Å². The van der Waals surface area contributed by atoms with Crippen molar-refractivity contribution >= 4 is 30.1 Å². The van der Waals surface area contributed by atoms with Crippen molar-refractivity contribution < 1.29 is 59.6 Å². The first kappa shape index (κ1) is 27.0. The number of hydrogen-bond donors (Lipinski definition) is 7. The molecule has 0 heterocycles. The van der Waals surface area contributed by atoms with E-state index in [0.29, 0.717) is 11.1 Å². The van der Waals surface area contributed by atoms with Gasteiger partial charge in [-0.1, -0.05) is 12.1 Å². The quantitative estimate of drug-likeness (QED) is 0.156.